The van der Waals surface area contributed by atoms with Crippen LogP contribution in [0.3, 0.4) is 0 Å². The Hall–Kier alpha value is -3.57. The highest BCUT2D eigenvalue weighted by Crippen LogP contribution is 2.30. The van der Waals surface area contributed by atoms with Gasteiger partial charge in [-0.05, 0) is 41.0 Å². The summed E-state index contributed by atoms with van der Waals surface area (Å²) >= 11 is 0. The molecule has 2 aromatic heterocycles. The fourth-order valence-electron chi connectivity index (χ4n) is 3.18. The molecule has 0 saturated carbocycles. The summed E-state index contributed by atoms with van der Waals surface area (Å²) in [5.74, 6) is -0.659. The normalized spacial score (nSPS) is 13.2. The minimum atomic E-state index is -1.54. The zero-order valence-electron chi connectivity index (χ0n) is 14.5. The number of carbonyl (C=O) groups is 1. The first-order valence-corrected chi connectivity index (χ1v) is 8.55. The first-order chi connectivity index (χ1) is 13.1. The Morgan fingerprint density at radius 3 is 2.44 bits per heavy atom. The summed E-state index contributed by atoms with van der Waals surface area (Å²) in [4.78, 5) is 21.1. The molecule has 0 aliphatic rings. The highest BCUT2D eigenvalue weighted by atomic mass is 16.1. The lowest BCUT2D eigenvalue weighted by atomic mass is 9.84. The zero-order valence-corrected chi connectivity index (χ0v) is 14.5. The summed E-state index contributed by atoms with van der Waals surface area (Å²) < 4.78 is 0. The molecule has 0 saturated heterocycles. The number of rotatable bonds is 4. The largest absolute Gasteiger partial charge is 0.367 e. The average molecular weight is 354 g/mol. The molecule has 5 nitrogen and oxygen atoms in total. The SMILES string of the molecule is NC(=O)C(N)(c1cccc(-c2ccccc2)c1)c1ccc2cnccc2n1. The van der Waals surface area contributed by atoms with Crippen LogP contribution in [0.4, 0.5) is 0 Å². The zero-order chi connectivity index (χ0) is 18.9. The van der Waals surface area contributed by atoms with Crippen molar-refractivity contribution in [1.82, 2.24) is 9.97 Å². The Labute approximate surface area is 156 Å². The Kier molecular flexibility index (Phi) is 4.14. The van der Waals surface area contributed by atoms with Gasteiger partial charge in [-0.25, -0.2) is 4.98 Å². The highest BCUT2D eigenvalue weighted by molar-refractivity contribution is 5.91. The van der Waals surface area contributed by atoms with E-state index in [9.17, 15) is 4.79 Å². The lowest BCUT2D eigenvalue weighted by molar-refractivity contribution is -0.122. The number of primary amides is 1. The van der Waals surface area contributed by atoms with Gasteiger partial charge in [0.25, 0.3) is 0 Å². The molecule has 0 aliphatic heterocycles. The molecule has 1 unspecified atom stereocenters. The van der Waals surface area contributed by atoms with Crippen molar-refractivity contribution in [3.05, 3.63) is 96.4 Å². The molecule has 4 N–H and O–H groups in total. The number of nitrogens with two attached hydrogens (primary N) is 2. The van der Waals surface area contributed by atoms with Crippen LogP contribution in [0.5, 0.6) is 0 Å². The minimum absolute atomic E-state index is 0.402. The maximum absolute atomic E-state index is 12.5. The highest BCUT2D eigenvalue weighted by Gasteiger charge is 2.38. The summed E-state index contributed by atoms with van der Waals surface area (Å²) in [6, 6.07) is 22.8. The van der Waals surface area contributed by atoms with Crippen LogP contribution in [-0.2, 0) is 10.3 Å². The summed E-state index contributed by atoms with van der Waals surface area (Å²) in [6.45, 7) is 0. The van der Waals surface area contributed by atoms with Crippen molar-refractivity contribution in [2.45, 2.75) is 5.54 Å². The van der Waals surface area contributed by atoms with Crippen molar-refractivity contribution >= 4 is 16.8 Å². The summed E-state index contributed by atoms with van der Waals surface area (Å²) in [5.41, 5.74) is 14.5. The molecule has 1 atom stereocenters. The lowest BCUT2D eigenvalue weighted by Crippen LogP contribution is -2.50. The fourth-order valence-corrected chi connectivity index (χ4v) is 3.18. The van der Waals surface area contributed by atoms with Crippen LogP contribution >= 0.6 is 0 Å². The monoisotopic (exact) mass is 354 g/mol. The fraction of sp³-hybridized carbons (Fsp3) is 0.0455. The predicted molar refractivity (Wildman–Crippen MR) is 106 cm³/mol. The Balaban J connectivity index is 1.88. The number of pyridine rings is 2. The molecule has 0 fully saturated rings. The van der Waals surface area contributed by atoms with E-state index in [4.69, 9.17) is 11.5 Å². The molecule has 0 radical (unpaired) electrons. The number of carbonyl (C=O) groups excluding carboxylic acids is 1. The standard InChI is InChI=1S/C22H18N4O/c23-21(27)22(24,20-10-9-17-14-25-12-11-19(17)26-20)18-8-4-7-16(13-18)15-5-2-1-3-6-15/h1-14H,24H2,(H2,23,27). The molecule has 4 rings (SSSR count). The van der Waals surface area contributed by atoms with E-state index in [1.54, 1.807) is 30.6 Å². The van der Waals surface area contributed by atoms with Crippen molar-refractivity contribution in [3.8, 4) is 11.1 Å². The Morgan fingerprint density at radius 2 is 1.67 bits per heavy atom. The van der Waals surface area contributed by atoms with E-state index in [-0.39, 0.29) is 0 Å². The third-order valence-electron chi connectivity index (χ3n) is 4.71. The van der Waals surface area contributed by atoms with Gasteiger partial charge >= 0.3 is 0 Å². The van der Waals surface area contributed by atoms with E-state index < -0.39 is 11.4 Å². The molecule has 2 heterocycles. The van der Waals surface area contributed by atoms with Gasteiger partial charge in [-0.2, -0.15) is 0 Å². The van der Waals surface area contributed by atoms with Gasteiger partial charge in [0, 0.05) is 17.8 Å². The van der Waals surface area contributed by atoms with Crippen LogP contribution in [0.1, 0.15) is 11.3 Å². The number of nitrogens with zero attached hydrogens (tertiary/aromatic N) is 2. The van der Waals surface area contributed by atoms with Gasteiger partial charge in [0.2, 0.25) is 5.91 Å². The van der Waals surface area contributed by atoms with Gasteiger partial charge in [0.1, 0.15) is 0 Å². The van der Waals surface area contributed by atoms with Crippen molar-refractivity contribution < 1.29 is 4.79 Å². The molecule has 5 heteroatoms. The second kappa shape index (κ2) is 6.63. The third kappa shape index (κ3) is 2.94. The second-order valence-electron chi connectivity index (χ2n) is 6.38. The minimum Gasteiger partial charge on any atom is -0.367 e. The number of hydrogen-bond acceptors (Lipinski definition) is 4. The van der Waals surface area contributed by atoms with Gasteiger partial charge < -0.3 is 11.5 Å². The molecule has 2 aromatic carbocycles. The third-order valence-corrected chi connectivity index (χ3v) is 4.71. The van der Waals surface area contributed by atoms with Crippen molar-refractivity contribution in [2.24, 2.45) is 11.5 Å². The van der Waals surface area contributed by atoms with Gasteiger partial charge in [-0.1, -0.05) is 48.5 Å². The number of fused-ring (bicyclic) bond motifs is 1. The van der Waals surface area contributed by atoms with E-state index in [1.165, 1.54) is 0 Å². The smallest absolute Gasteiger partial charge is 0.248 e. The van der Waals surface area contributed by atoms with Crippen molar-refractivity contribution in [3.63, 3.8) is 0 Å². The van der Waals surface area contributed by atoms with Crippen LogP contribution in [0, 0.1) is 0 Å². The van der Waals surface area contributed by atoms with Gasteiger partial charge in [-0.15, -0.1) is 0 Å². The molecule has 1 amide bonds. The molecule has 4 aromatic rings. The van der Waals surface area contributed by atoms with Gasteiger partial charge in [0.05, 0.1) is 11.2 Å². The van der Waals surface area contributed by atoms with Gasteiger partial charge in [-0.3, -0.25) is 9.78 Å². The topological polar surface area (TPSA) is 94.9 Å². The average Bonchev–Trinajstić information content (AvgIpc) is 2.73. The Morgan fingerprint density at radius 1 is 0.889 bits per heavy atom. The maximum atomic E-state index is 12.5. The molecular formula is C22H18N4O. The molecular weight excluding hydrogens is 336 g/mol. The van der Waals surface area contributed by atoms with Crippen molar-refractivity contribution in [1.29, 1.82) is 0 Å². The molecule has 0 bridgehead atoms. The van der Waals surface area contributed by atoms with E-state index in [2.05, 4.69) is 9.97 Å². The lowest BCUT2D eigenvalue weighted by Gasteiger charge is -2.26. The molecule has 0 aliphatic carbocycles. The first-order valence-electron chi connectivity index (χ1n) is 8.55. The van der Waals surface area contributed by atoms with E-state index in [0.29, 0.717) is 16.8 Å². The maximum Gasteiger partial charge on any atom is 0.248 e. The van der Waals surface area contributed by atoms with E-state index in [0.717, 1.165) is 16.5 Å². The van der Waals surface area contributed by atoms with Crippen LogP contribution in [-0.4, -0.2) is 15.9 Å². The molecule has 27 heavy (non-hydrogen) atoms. The van der Waals surface area contributed by atoms with Gasteiger partial charge in [0.15, 0.2) is 5.54 Å². The molecule has 0 spiro atoms. The second-order valence-corrected chi connectivity index (χ2v) is 6.38. The predicted octanol–water partition coefficient (Wildman–Crippen LogP) is 2.98. The Bertz CT molecular complexity index is 1130. The van der Waals surface area contributed by atoms with Crippen molar-refractivity contribution in [2.75, 3.05) is 0 Å². The summed E-state index contributed by atoms with van der Waals surface area (Å²) in [5, 5.41) is 0.867. The van der Waals surface area contributed by atoms with Crippen LogP contribution < -0.4 is 11.5 Å². The first kappa shape index (κ1) is 16.9. The number of aromatic nitrogens is 2. The van der Waals surface area contributed by atoms with Crippen LogP contribution in [0.2, 0.25) is 0 Å². The number of amides is 1. The number of hydrogen-bond donors (Lipinski definition) is 2. The van der Waals surface area contributed by atoms with Crippen LogP contribution in [0.25, 0.3) is 22.0 Å². The quantitative estimate of drug-likeness (QED) is 0.589. The van der Waals surface area contributed by atoms with Crippen LogP contribution in [0.15, 0.2) is 85.2 Å². The van der Waals surface area contributed by atoms with E-state index in [1.807, 2.05) is 54.6 Å². The molecule has 132 valence electrons. The number of benzene rings is 2. The van der Waals surface area contributed by atoms with E-state index >= 15 is 0 Å². The summed E-state index contributed by atoms with van der Waals surface area (Å²) in [7, 11) is 0. The summed E-state index contributed by atoms with van der Waals surface area (Å²) in [6.07, 6.45) is 3.36.